The number of alkyl carbamates (subject to hydrolysis) is 1. The minimum absolute atomic E-state index is 0.248. The van der Waals surface area contributed by atoms with Gasteiger partial charge in [0.1, 0.15) is 16.0 Å². The van der Waals surface area contributed by atoms with Crippen LogP contribution in [-0.2, 0) is 4.74 Å². The fraction of sp³-hybridized carbons (Fsp3) is 0.667. The van der Waals surface area contributed by atoms with Gasteiger partial charge in [-0.25, -0.2) is 14.8 Å². The zero-order valence-corrected chi connectivity index (χ0v) is 15.1. The number of amides is 1. The summed E-state index contributed by atoms with van der Waals surface area (Å²) in [4.78, 5) is 22.7. The van der Waals surface area contributed by atoms with Crippen molar-refractivity contribution in [2.75, 3.05) is 18.0 Å². The average molecular weight is 371 g/mol. The SMILES string of the molecule is CC1(NC(=O)OC(C)(C)C)CCN(c2cnc(Br)cn2)CC1. The Morgan fingerprint density at radius 3 is 2.45 bits per heavy atom. The quantitative estimate of drug-likeness (QED) is 0.865. The van der Waals surface area contributed by atoms with Crippen LogP contribution in [0.2, 0.25) is 0 Å². The summed E-state index contributed by atoms with van der Waals surface area (Å²) in [6, 6.07) is 0. The molecule has 1 aromatic rings. The summed E-state index contributed by atoms with van der Waals surface area (Å²) in [6.07, 6.45) is 4.77. The van der Waals surface area contributed by atoms with E-state index in [1.54, 1.807) is 12.4 Å². The lowest BCUT2D eigenvalue weighted by Crippen LogP contribution is -2.54. The van der Waals surface area contributed by atoms with E-state index in [-0.39, 0.29) is 11.6 Å². The lowest BCUT2D eigenvalue weighted by molar-refractivity contribution is 0.0448. The van der Waals surface area contributed by atoms with Gasteiger partial charge < -0.3 is 15.0 Å². The highest BCUT2D eigenvalue weighted by molar-refractivity contribution is 9.10. The lowest BCUT2D eigenvalue weighted by atomic mass is 9.90. The molecule has 22 heavy (non-hydrogen) atoms. The molecule has 0 atom stereocenters. The number of carbonyl (C=O) groups is 1. The summed E-state index contributed by atoms with van der Waals surface area (Å²) in [5.74, 6) is 0.863. The third-order valence-corrected chi connectivity index (χ3v) is 4.01. The molecule has 2 rings (SSSR count). The monoisotopic (exact) mass is 370 g/mol. The van der Waals surface area contributed by atoms with Crippen LogP contribution in [0.1, 0.15) is 40.5 Å². The molecule has 1 amide bonds. The second kappa shape index (κ2) is 6.40. The van der Waals surface area contributed by atoms with Crippen molar-refractivity contribution in [3.05, 3.63) is 17.0 Å². The molecule has 2 heterocycles. The van der Waals surface area contributed by atoms with Crippen molar-refractivity contribution in [1.29, 1.82) is 0 Å². The molecule has 6 nitrogen and oxygen atoms in total. The molecule has 0 aromatic carbocycles. The number of piperidine rings is 1. The van der Waals surface area contributed by atoms with E-state index in [0.717, 1.165) is 36.4 Å². The van der Waals surface area contributed by atoms with Crippen molar-refractivity contribution in [2.24, 2.45) is 0 Å². The van der Waals surface area contributed by atoms with Crippen molar-refractivity contribution in [1.82, 2.24) is 15.3 Å². The first kappa shape index (κ1) is 17.0. The third kappa shape index (κ3) is 4.83. The maximum atomic E-state index is 11.9. The highest BCUT2D eigenvalue weighted by Crippen LogP contribution is 2.25. The lowest BCUT2D eigenvalue weighted by Gasteiger charge is -2.40. The van der Waals surface area contributed by atoms with Gasteiger partial charge in [-0.1, -0.05) is 0 Å². The van der Waals surface area contributed by atoms with Gasteiger partial charge in [0, 0.05) is 18.6 Å². The molecular weight excluding hydrogens is 348 g/mol. The summed E-state index contributed by atoms with van der Waals surface area (Å²) in [5, 5.41) is 3.00. The number of halogens is 1. The van der Waals surface area contributed by atoms with Gasteiger partial charge in [0.25, 0.3) is 0 Å². The highest BCUT2D eigenvalue weighted by atomic mass is 79.9. The molecule has 1 aromatic heterocycles. The van der Waals surface area contributed by atoms with Gasteiger partial charge in [-0.05, 0) is 56.5 Å². The van der Waals surface area contributed by atoms with Crippen LogP contribution in [0.5, 0.6) is 0 Å². The fourth-order valence-electron chi connectivity index (χ4n) is 2.37. The first-order valence-corrected chi connectivity index (χ1v) is 8.20. The molecule has 1 fully saturated rings. The molecule has 1 aliphatic rings. The second-order valence-electron chi connectivity index (χ2n) is 6.87. The second-order valence-corrected chi connectivity index (χ2v) is 7.68. The molecule has 0 unspecified atom stereocenters. The molecule has 7 heteroatoms. The van der Waals surface area contributed by atoms with Gasteiger partial charge >= 0.3 is 6.09 Å². The van der Waals surface area contributed by atoms with Gasteiger partial charge in [0.2, 0.25) is 0 Å². The van der Waals surface area contributed by atoms with E-state index >= 15 is 0 Å². The first-order valence-electron chi connectivity index (χ1n) is 7.41. The summed E-state index contributed by atoms with van der Waals surface area (Å²) in [6.45, 7) is 9.30. The molecule has 0 radical (unpaired) electrons. The topological polar surface area (TPSA) is 67.3 Å². The van der Waals surface area contributed by atoms with E-state index in [1.807, 2.05) is 20.8 Å². The van der Waals surface area contributed by atoms with Gasteiger partial charge in [-0.2, -0.15) is 0 Å². The van der Waals surface area contributed by atoms with Crippen molar-refractivity contribution >= 4 is 27.8 Å². The van der Waals surface area contributed by atoms with E-state index in [2.05, 4.69) is 43.0 Å². The number of nitrogens with one attached hydrogen (secondary N) is 1. The van der Waals surface area contributed by atoms with E-state index in [0.29, 0.717) is 0 Å². The standard InChI is InChI=1S/C15H23BrN4O2/c1-14(2,3)22-13(21)19-15(4)5-7-20(8-6-15)12-10-17-11(16)9-18-12/h9-10H,5-8H2,1-4H3,(H,19,21). The fourth-order valence-corrected chi connectivity index (χ4v) is 2.58. The molecular formula is C15H23BrN4O2. The van der Waals surface area contributed by atoms with Crippen molar-refractivity contribution in [3.63, 3.8) is 0 Å². The van der Waals surface area contributed by atoms with E-state index in [1.165, 1.54) is 0 Å². The maximum Gasteiger partial charge on any atom is 0.408 e. The normalized spacial score (nSPS) is 18.0. The predicted molar refractivity (Wildman–Crippen MR) is 89.0 cm³/mol. The van der Waals surface area contributed by atoms with Crippen LogP contribution in [0.3, 0.4) is 0 Å². The van der Waals surface area contributed by atoms with Crippen LogP contribution in [0.4, 0.5) is 10.6 Å². The predicted octanol–water partition coefficient (Wildman–Crippen LogP) is 3.12. The van der Waals surface area contributed by atoms with Crippen molar-refractivity contribution in [3.8, 4) is 0 Å². The number of hydrogen-bond donors (Lipinski definition) is 1. The molecule has 0 aliphatic carbocycles. The van der Waals surface area contributed by atoms with Crippen LogP contribution in [0, 0.1) is 0 Å². The number of nitrogens with zero attached hydrogens (tertiary/aromatic N) is 3. The van der Waals surface area contributed by atoms with Crippen LogP contribution in [0.15, 0.2) is 17.0 Å². The number of aromatic nitrogens is 2. The van der Waals surface area contributed by atoms with E-state index < -0.39 is 5.60 Å². The molecule has 1 N–H and O–H groups in total. The molecule has 122 valence electrons. The first-order chi connectivity index (χ1) is 10.2. The number of carbonyl (C=O) groups excluding carboxylic acids is 1. The molecule has 0 spiro atoms. The number of ether oxygens (including phenoxy) is 1. The molecule has 0 bridgehead atoms. The van der Waals surface area contributed by atoms with E-state index in [4.69, 9.17) is 4.74 Å². The largest absolute Gasteiger partial charge is 0.444 e. The number of hydrogen-bond acceptors (Lipinski definition) is 5. The minimum atomic E-state index is -0.478. The Morgan fingerprint density at radius 1 is 1.32 bits per heavy atom. The van der Waals surface area contributed by atoms with Gasteiger partial charge in [-0.3, -0.25) is 0 Å². The summed E-state index contributed by atoms with van der Waals surface area (Å²) >= 11 is 3.28. The summed E-state index contributed by atoms with van der Waals surface area (Å²) < 4.78 is 6.07. The average Bonchev–Trinajstić information content (AvgIpc) is 2.38. The van der Waals surface area contributed by atoms with Crippen LogP contribution >= 0.6 is 15.9 Å². The summed E-state index contributed by atoms with van der Waals surface area (Å²) in [5.41, 5.74) is -0.726. The van der Waals surface area contributed by atoms with Gasteiger partial charge in [0.05, 0.1) is 12.4 Å². The minimum Gasteiger partial charge on any atom is -0.444 e. The number of rotatable bonds is 2. The summed E-state index contributed by atoms with van der Waals surface area (Å²) in [7, 11) is 0. The van der Waals surface area contributed by atoms with Gasteiger partial charge in [-0.15, -0.1) is 0 Å². The molecule has 0 saturated carbocycles. The zero-order valence-electron chi connectivity index (χ0n) is 13.5. The number of anilines is 1. The van der Waals surface area contributed by atoms with Crippen molar-refractivity contribution < 1.29 is 9.53 Å². The van der Waals surface area contributed by atoms with E-state index in [9.17, 15) is 4.79 Å². The Labute approximate surface area is 139 Å². The Morgan fingerprint density at radius 2 is 1.95 bits per heavy atom. The van der Waals surface area contributed by atoms with Gasteiger partial charge in [0.15, 0.2) is 0 Å². The smallest absolute Gasteiger partial charge is 0.408 e. The van der Waals surface area contributed by atoms with Crippen molar-refractivity contribution in [2.45, 2.75) is 51.7 Å². The molecule has 1 saturated heterocycles. The zero-order chi connectivity index (χ0) is 16.4. The Kier molecular flexibility index (Phi) is 4.94. The van der Waals surface area contributed by atoms with Crippen LogP contribution in [0.25, 0.3) is 0 Å². The Balaban J connectivity index is 1.90. The Hall–Kier alpha value is -1.37. The van der Waals surface area contributed by atoms with Crippen LogP contribution in [-0.4, -0.2) is 40.3 Å². The highest BCUT2D eigenvalue weighted by Gasteiger charge is 2.33. The molecule has 1 aliphatic heterocycles. The third-order valence-electron chi connectivity index (χ3n) is 3.60. The maximum absolute atomic E-state index is 11.9. The Bertz CT molecular complexity index is 519. The van der Waals surface area contributed by atoms with Crippen LogP contribution < -0.4 is 10.2 Å².